The maximum absolute atomic E-state index is 9.75. The number of hydrogen-bond acceptors (Lipinski definition) is 1. The normalized spacial score (nSPS) is 7.50. The van der Waals surface area contributed by atoms with E-state index in [1.165, 1.54) is 6.08 Å². The first-order valence-electron chi connectivity index (χ1n) is 1.66. The van der Waals surface area contributed by atoms with Gasteiger partial charge in [-0.05, 0) is 0 Å². The fourth-order valence-electron chi connectivity index (χ4n) is 0.142. The van der Waals surface area contributed by atoms with Gasteiger partial charge in [-0.2, -0.15) is 0 Å². The summed E-state index contributed by atoms with van der Waals surface area (Å²) in [5.74, 6) is -0.329. The predicted molar refractivity (Wildman–Crippen MR) is 24.1 cm³/mol. The van der Waals surface area contributed by atoms with Crippen molar-refractivity contribution in [2.75, 3.05) is 0 Å². The second kappa shape index (κ2) is 2.64. The van der Waals surface area contributed by atoms with E-state index in [0.29, 0.717) is 0 Å². The maximum Gasteiger partial charge on any atom is 0.141 e. The molecule has 2 radical (unpaired) electrons. The molecule has 0 bridgehead atoms. The molecule has 0 rings (SSSR count). The molecule has 0 saturated heterocycles. The molecule has 32 valence electrons. The number of ketones is 1. The van der Waals surface area contributed by atoms with Gasteiger partial charge < -0.3 is 0 Å². The van der Waals surface area contributed by atoms with Crippen LogP contribution in [0.4, 0.5) is 0 Å². The highest BCUT2D eigenvalue weighted by Gasteiger charge is 1.81. The Hall–Kier alpha value is -0.590. The molecule has 0 spiro atoms. The van der Waals surface area contributed by atoms with E-state index in [1.807, 2.05) is 0 Å². The third-order valence-corrected chi connectivity index (χ3v) is 0.346. The predicted octanol–water partition coefficient (Wildman–Crippen LogP) is 0.843. The van der Waals surface area contributed by atoms with Crippen molar-refractivity contribution in [3.63, 3.8) is 0 Å². The van der Waals surface area contributed by atoms with Crippen molar-refractivity contribution in [3.8, 4) is 0 Å². The molecule has 0 amide bonds. The highest BCUT2D eigenvalue weighted by atomic mass is 16.1. The van der Waals surface area contributed by atoms with Crippen molar-refractivity contribution in [1.82, 2.24) is 0 Å². The minimum atomic E-state index is -0.329. The van der Waals surface area contributed by atoms with E-state index in [9.17, 15) is 4.79 Å². The highest BCUT2D eigenvalue weighted by molar-refractivity contribution is 5.83. The van der Waals surface area contributed by atoms with Crippen LogP contribution in [-0.4, -0.2) is 5.78 Å². The molecule has 0 aromatic rings. The summed E-state index contributed by atoms with van der Waals surface area (Å²) in [6.45, 7) is 7.99. The van der Waals surface area contributed by atoms with E-state index in [2.05, 4.69) is 6.58 Å². The summed E-state index contributed by atoms with van der Waals surface area (Å²) < 4.78 is 0. The average Bonchev–Trinajstić information content (AvgIpc) is 1.35. The third-order valence-electron chi connectivity index (χ3n) is 0.346. The van der Waals surface area contributed by atoms with Gasteiger partial charge in [-0.15, -0.1) is 6.58 Å². The zero-order valence-electron chi connectivity index (χ0n) is 3.48. The van der Waals surface area contributed by atoms with Crippen LogP contribution in [0.1, 0.15) is 6.42 Å². The first-order valence-corrected chi connectivity index (χ1v) is 1.66. The van der Waals surface area contributed by atoms with E-state index < -0.39 is 0 Å². The molecular formula is C5H6O. The Kier molecular flexibility index (Phi) is 2.38. The van der Waals surface area contributed by atoms with Crippen LogP contribution in [-0.2, 0) is 4.79 Å². The maximum atomic E-state index is 9.75. The number of carbonyl (C=O) groups is 1. The van der Waals surface area contributed by atoms with Gasteiger partial charge in [0.15, 0.2) is 0 Å². The molecule has 0 aromatic heterocycles. The fraction of sp³-hybridized carbons (Fsp3) is 0.200. The fourth-order valence-corrected chi connectivity index (χ4v) is 0.142. The number of hydrogen-bond donors (Lipinski definition) is 0. The zero-order valence-corrected chi connectivity index (χ0v) is 3.48. The molecule has 0 atom stereocenters. The number of carbonyl (C=O) groups excluding carboxylic acids is 1. The van der Waals surface area contributed by atoms with Gasteiger partial charge in [-0.1, -0.05) is 6.08 Å². The molecule has 0 fully saturated rings. The lowest BCUT2D eigenvalue weighted by Gasteiger charge is -1.74. The molecule has 0 aliphatic heterocycles. The Morgan fingerprint density at radius 1 is 2.00 bits per heavy atom. The van der Waals surface area contributed by atoms with Crippen LogP contribution < -0.4 is 0 Å². The summed E-state index contributed by atoms with van der Waals surface area (Å²) in [4.78, 5) is 9.75. The van der Waals surface area contributed by atoms with Gasteiger partial charge >= 0.3 is 0 Å². The van der Waals surface area contributed by atoms with Gasteiger partial charge in [0, 0.05) is 13.3 Å². The van der Waals surface area contributed by atoms with Crippen LogP contribution in [0.25, 0.3) is 0 Å². The highest BCUT2D eigenvalue weighted by Crippen LogP contribution is 1.76. The Bertz CT molecular complexity index is 64.3. The van der Waals surface area contributed by atoms with Gasteiger partial charge in [0.25, 0.3) is 0 Å². The van der Waals surface area contributed by atoms with Crippen LogP contribution in [0.3, 0.4) is 0 Å². The van der Waals surface area contributed by atoms with Gasteiger partial charge in [0.05, 0.1) is 0 Å². The van der Waals surface area contributed by atoms with E-state index >= 15 is 0 Å². The SMILES string of the molecule is [CH]C(=O)CC=C. The summed E-state index contributed by atoms with van der Waals surface area (Å²) in [5.41, 5.74) is 0. The topological polar surface area (TPSA) is 17.1 Å². The molecule has 0 aliphatic carbocycles. The summed E-state index contributed by atoms with van der Waals surface area (Å²) in [6, 6.07) is 0. The lowest BCUT2D eigenvalue weighted by Crippen LogP contribution is -1.82. The van der Waals surface area contributed by atoms with Gasteiger partial charge in [0.2, 0.25) is 0 Å². The largest absolute Gasteiger partial charge is 0.299 e. The minimum absolute atomic E-state index is 0.278. The standard InChI is InChI=1S/C5H6O/c1-3-4-5(2)6/h2-3H,1,4H2. The minimum Gasteiger partial charge on any atom is -0.299 e. The molecule has 1 nitrogen and oxygen atoms in total. The van der Waals surface area contributed by atoms with E-state index in [-0.39, 0.29) is 12.2 Å². The molecular weight excluding hydrogens is 76.1 g/mol. The average molecular weight is 82.1 g/mol. The lowest BCUT2D eigenvalue weighted by molar-refractivity contribution is -0.114. The Morgan fingerprint density at radius 3 is 2.50 bits per heavy atom. The van der Waals surface area contributed by atoms with E-state index in [4.69, 9.17) is 6.92 Å². The molecule has 0 unspecified atom stereocenters. The molecule has 6 heavy (non-hydrogen) atoms. The van der Waals surface area contributed by atoms with Crippen molar-refractivity contribution in [2.24, 2.45) is 0 Å². The molecule has 0 aromatic carbocycles. The third kappa shape index (κ3) is 3.41. The van der Waals surface area contributed by atoms with Crippen molar-refractivity contribution < 1.29 is 4.79 Å². The van der Waals surface area contributed by atoms with Crippen molar-refractivity contribution in [3.05, 3.63) is 19.6 Å². The van der Waals surface area contributed by atoms with E-state index in [1.54, 1.807) is 0 Å². The summed E-state index contributed by atoms with van der Waals surface area (Å²) in [7, 11) is 0. The van der Waals surface area contributed by atoms with E-state index in [0.717, 1.165) is 0 Å². The molecule has 0 saturated carbocycles. The molecule has 0 N–H and O–H groups in total. The van der Waals surface area contributed by atoms with Crippen LogP contribution in [0, 0.1) is 6.92 Å². The number of allylic oxidation sites excluding steroid dienone is 1. The van der Waals surface area contributed by atoms with Crippen molar-refractivity contribution >= 4 is 5.78 Å². The second-order valence-corrected chi connectivity index (χ2v) is 0.959. The first kappa shape index (κ1) is 5.41. The molecule has 1 heteroatoms. The Morgan fingerprint density at radius 2 is 2.50 bits per heavy atom. The Labute approximate surface area is 37.7 Å². The lowest BCUT2D eigenvalue weighted by atomic mass is 10.3. The van der Waals surface area contributed by atoms with Crippen LogP contribution in [0.15, 0.2) is 12.7 Å². The second-order valence-electron chi connectivity index (χ2n) is 0.959. The summed E-state index contributed by atoms with van der Waals surface area (Å²) in [5, 5.41) is 0. The molecule has 0 heterocycles. The van der Waals surface area contributed by atoms with Crippen molar-refractivity contribution in [1.29, 1.82) is 0 Å². The molecule has 0 aliphatic rings. The number of Topliss-reactive ketones (excluding diaryl/α,β-unsaturated/α-hetero) is 1. The van der Waals surface area contributed by atoms with Gasteiger partial charge in [-0.25, -0.2) is 0 Å². The number of rotatable bonds is 2. The van der Waals surface area contributed by atoms with Crippen molar-refractivity contribution in [2.45, 2.75) is 6.42 Å². The monoisotopic (exact) mass is 82.0 g/mol. The zero-order chi connectivity index (χ0) is 4.99. The summed E-state index contributed by atoms with van der Waals surface area (Å²) >= 11 is 0. The van der Waals surface area contributed by atoms with Gasteiger partial charge in [-0.3, -0.25) is 4.79 Å². The van der Waals surface area contributed by atoms with Crippen LogP contribution in [0.2, 0.25) is 0 Å². The van der Waals surface area contributed by atoms with Crippen LogP contribution >= 0.6 is 0 Å². The van der Waals surface area contributed by atoms with Crippen LogP contribution in [0.5, 0.6) is 0 Å². The Balaban J connectivity index is 3.05. The van der Waals surface area contributed by atoms with Gasteiger partial charge in [0.1, 0.15) is 5.78 Å². The summed E-state index contributed by atoms with van der Waals surface area (Å²) in [6.07, 6.45) is 1.75. The smallest absolute Gasteiger partial charge is 0.141 e. The first-order chi connectivity index (χ1) is 2.77. The quantitative estimate of drug-likeness (QED) is 0.451.